The number of unbranched alkanes of at least 4 members (excludes halogenated alkanes) is 4. The van der Waals surface area contributed by atoms with Crippen molar-refractivity contribution in [2.45, 2.75) is 51.4 Å². The van der Waals surface area contributed by atoms with Gasteiger partial charge in [0.15, 0.2) is 0 Å². The predicted molar refractivity (Wildman–Crippen MR) is 77.9 cm³/mol. The lowest BCUT2D eigenvalue weighted by molar-refractivity contribution is -0.122. The molecule has 0 radical (unpaired) electrons. The van der Waals surface area contributed by atoms with Crippen molar-refractivity contribution in [1.29, 1.82) is 0 Å². The molecule has 5 nitrogen and oxygen atoms in total. The monoisotopic (exact) mass is 271 g/mol. The van der Waals surface area contributed by atoms with Gasteiger partial charge in [-0.2, -0.15) is 0 Å². The van der Waals surface area contributed by atoms with Gasteiger partial charge in [-0.1, -0.05) is 12.8 Å². The van der Waals surface area contributed by atoms with Crippen molar-refractivity contribution in [3.05, 3.63) is 0 Å². The molecule has 0 bridgehead atoms. The van der Waals surface area contributed by atoms with Gasteiger partial charge in [0.1, 0.15) is 0 Å². The molecule has 0 aliphatic carbocycles. The van der Waals surface area contributed by atoms with Crippen LogP contribution < -0.4 is 16.0 Å². The van der Waals surface area contributed by atoms with E-state index in [1.807, 2.05) is 7.05 Å². The molecular formula is C14H29N3O2. The van der Waals surface area contributed by atoms with Crippen molar-refractivity contribution in [1.82, 2.24) is 16.0 Å². The van der Waals surface area contributed by atoms with Crippen LogP contribution in [0.5, 0.6) is 0 Å². The highest BCUT2D eigenvalue weighted by Gasteiger charge is 2.01. The van der Waals surface area contributed by atoms with Crippen molar-refractivity contribution in [3.8, 4) is 0 Å². The second-order valence-electron chi connectivity index (χ2n) is 4.75. The molecule has 0 saturated carbocycles. The number of carbonyl (C=O) groups is 2. The van der Waals surface area contributed by atoms with Crippen molar-refractivity contribution in [2.24, 2.45) is 0 Å². The molecule has 0 aliphatic heterocycles. The number of rotatable bonds is 12. The lowest BCUT2D eigenvalue weighted by Gasteiger charge is -2.05. The quantitative estimate of drug-likeness (QED) is 0.467. The van der Waals surface area contributed by atoms with Crippen LogP contribution in [0, 0.1) is 0 Å². The Hall–Kier alpha value is -1.10. The van der Waals surface area contributed by atoms with E-state index in [4.69, 9.17) is 0 Å². The van der Waals surface area contributed by atoms with E-state index < -0.39 is 0 Å². The van der Waals surface area contributed by atoms with E-state index in [0.717, 1.165) is 51.6 Å². The van der Waals surface area contributed by atoms with Crippen molar-refractivity contribution >= 4 is 11.8 Å². The molecule has 0 saturated heterocycles. The summed E-state index contributed by atoms with van der Waals surface area (Å²) in [6.07, 6.45) is 7.21. The van der Waals surface area contributed by atoms with Gasteiger partial charge in [-0.3, -0.25) is 9.59 Å². The van der Waals surface area contributed by atoms with E-state index in [9.17, 15) is 9.59 Å². The average molecular weight is 271 g/mol. The van der Waals surface area contributed by atoms with E-state index in [-0.39, 0.29) is 11.8 Å². The first kappa shape index (κ1) is 17.9. The largest absolute Gasteiger partial charge is 0.359 e. The molecule has 19 heavy (non-hydrogen) atoms. The zero-order valence-electron chi connectivity index (χ0n) is 12.4. The zero-order chi connectivity index (χ0) is 14.3. The highest BCUT2D eigenvalue weighted by atomic mass is 16.2. The number of nitrogens with one attached hydrogen (secondary N) is 3. The topological polar surface area (TPSA) is 70.2 Å². The number of amides is 2. The van der Waals surface area contributed by atoms with Crippen molar-refractivity contribution in [2.75, 3.05) is 27.2 Å². The maximum absolute atomic E-state index is 11.5. The third-order valence-corrected chi connectivity index (χ3v) is 3.01. The zero-order valence-corrected chi connectivity index (χ0v) is 12.4. The summed E-state index contributed by atoms with van der Waals surface area (Å²) in [5.74, 6) is 0.237. The van der Waals surface area contributed by atoms with E-state index >= 15 is 0 Å². The molecule has 0 aromatic carbocycles. The molecule has 2 amide bonds. The van der Waals surface area contributed by atoms with Crippen LogP contribution in [0.1, 0.15) is 51.4 Å². The van der Waals surface area contributed by atoms with E-state index in [1.54, 1.807) is 7.05 Å². The van der Waals surface area contributed by atoms with Crippen molar-refractivity contribution in [3.63, 3.8) is 0 Å². The van der Waals surface area contributed by atoms with Gasteiger partial charge in [0.2, 0.25) is 11.8 Å². The van der Waals surface area contributed by atoms with Crippen LogP contribution in [0.15, 0.2) is 0 Å². The Kier molecular flexibility index (Phi) is 12.6. The van der Waals surface area contributed by atoms with Crippen LogP contribution in [-0.4, -0.2) is 39.0 Å². The van der Waals surface area contributed by atoms with Gasteiger partial charge in [-0.15, -0.1) is 0 Å². The van der Waals surface area contributed by atoms with Gasteiger partial charge >= 0.3 is 0 Å². The highest BCUT2D eigenvalue weighted by molar-refractivity contribution is 5.76. The van der Waals surface area contributed by atoms with E-state index in [2.05, 4.69) is 16.0 Å². The smallest absolute Gasteiger partial charge is 0.219 e. The van der Waals surface area contributed by atoms with Gasteiger partial charge in [0, 0.05) is 26.4 Å². The Morgan fingerprint density at radius 1 is 0.737 bits per heavy atom. The summed E-state index contributed by atoms with van der Waals surface area (Å²) in [7, 11) is 3.59. The number of hydrogen-bond donors (Lipinski definition) is 3. The summed E-state index contributed by atoms with van der Waals surface area (Å²) < 4.78 is 0. The molecular weight excluding hydrogens is 242 g/mol. The summed E-state index contributed by atoms with van der Waals surface area (Å²) in [5.41, 5.74) is 0. The standard InChI is InChI=1S/C14H29N3O2/c1-15-11-7-3-6-10-14(19)17-12-8-4-5-9-13(18)16-2/h15H,3-12H2,1-2H3,(H,16,18)(H,17,19). The first-order chi connectivity index (χ1) is 9.20. The van der Waals surface area contributed by atoms with Gasteiger partial charge < -0.3 is 16.0 Å². The van der Waals surface area contributed by atoms with E-state index in [0.29, 0.717) is 12.8 Å². The molecule has 0 atom stereocenters. The molecule has 0 aliphatic rings. The molecule has 3 N–H and O–H groups in total. The van der Waals surface area contributed by atoms with Crippen LogP contribution >= 0.6 is 0 Å². The SMILES string of the molecule is CNCCCCCC(=O)NCCCCCC(=O)NC. The molecule has 0 aromatic heterocycles. The fourth-order valence-electron chi connectivity index (χ4n) is 1.79. The summed E-state index contributed by atoms with van der Waals surface area (Å²) in [4.78, 5) is 22.4. The van der Waals surface area contributed by atoms with Gasteiger partial charge in [-0.25, -0.2) is 0 Å². The molecule has 0 fully saturated rings. The molecule has 0 unspecified atom stereocenters. The van der Waals surface area contributed by atoms with Crippen molar-refractivity contribution < 1.29 is 9.59 Å². The Bertz CT molecular complexity index is 245. The Labute approximate surface area is 116 Å². The Balaban J connectivity index is 3.22. The number of hydrogen-bond acceptors (Lipinski definition) is 3. The predicted octanol–water partition coefficient (Wildman–Crippen LogP) is 1.19. The van der Waals surface area contributed by atoms with Crippen LogP contribution in [-0.2, 0) is 9.59 Å². The molecule has 0 heterocycles. The van der Waals surface area contributed by atoms with Gasteiger partial charge in [-0.05, 0) is 39.3 Å². The Morgan fingerprint density at radius 3 is 1.89 bits per heavy atom. The third-order valence-electron chi connectivity index (χ3n) is 3.01. The average Bonchev–Trinajstić information content (AvgIpc) is 2.42. The molecule has 0 aromatic rings. The minimum atomic E-state index is 0.0885. The summed E-state index contributed by atoms with van der Waals surface area (Å²) >= 11 is 0. The minimum absolute atomic E-state index is 0.0885. The minimum Gasteiger partial charge on any atom is -0.359 e. The van der Waals surface area contributed by atoms with Crippen LogP contribution in [0.2, 0.25) is 0 Å². The molecule has 5 heteroatoms. The first-order valence-corrected chi connectivity index (χ1v) is 7.32. The fourth-order valence-corrected chi connectivity index (χ4v) is 1.79. The Morgan fingerprint density at radius 2 is 1.32 bits per heavy atom. The summed E-state index contributed by atoms with van der Waals surface area (Å²) in [5, 5.41) is 8.61. The van der Waals surface area contributed by atoms with Crippen LogP contribution in [0.4, 0.5) is 0 Å². The van der Waals surface area contributed by atoms with Gasteiger partial charge in [0.05, 0.1) is 0 Å². The number of carbonyl (C=O) groups excluding carboxylic acids is 2. The maximum Gasteiger partial charge on any atom is 0.219 e. The normalized spacial score (nSPS) is 10.2. The second-order valence-corrected chi connectivity index (χ2v) is 4.75. The lowest BCUT2D eigenvalue weighted by Crippen LogP contribution is -2.24. The first-order valence-electron chi connectivity index (χ1n) is 7.32. The third kappa shape index (κ3) is 13.1. The lowest BCUT2D eigenvalue weighted by atomic mass is 10.1. The van der Waals surface area contributed by atoms with Gasteiger partial charge in [0.25, 0.3) is 0 Å². The van der Waals surface area contributed by atoms with Crippen LogP contribution in [0.25, 0.3) is 0 Å². The molecule has 0 spiro atoms. The van der Waals surface area contributed by atoms with Crippen LogP contribution in [0.3, 0.4) is 0 Å². The molecule has 112 valence electrons. The summed E-state index contributed by atoms with van der Waals surface area (Å²) in [6.45, 7) is 1.75. The fraction of sp³-hybridized carbons (Fsp3) is 0.857. The maximum atomic E-state index is 11.5. The highest BCUT2D eigenvalue weighted by Crippen LogP contribution is 2.00. The second kappa shape index (κ2) is 13.3. The van der Waals surface area contributed by atoms with E-state index in [1.165, 1.54) is 0 Å². The summed E-state index contributed by atoms with van der Waals surface area (Å²) in [6, 6.07) is 0. The molecule has 0 rings (SSSR count).